The number of carboxylic acid groups (broad SMARTS) is 1. The van der Waals surface area contributed by atoms with Crippen LogP contribution in [0.2, 0.25) is 0 Å². The molecule has 5 heteroatoms. The zero-order chi connectivity index (χ0) is 11.6. The predicted molar refractivity (Wildman–Crippen MR) is 58.3 cm³/mol. The molecule has 0 bridgehead atoms. The lowest BCUT2D eigenvalue weighted by Gasteiger charge is -2.15. The molecular weight excluding hydrogens is 265 g/mol. The van der Waals surface area contributed by atoms with Gasteiger partial charge in [0.25, 0.3) is 0 Å². The zero-order valence-electron chi connectivity index (χ0n) is 8.13. The van der Waals surface area contributed by atoms with Crippen molar-refractivity contribution in [2.24, 2.45) is 5.73 Å². The highest BCUT2D eigenvalue weighted by Crippen LogP contribution is 2.28. The summed E-state index contributed by atoms with van der Waals surface area (Å²) in [7, 11) is 0. The summed E-state index contributed by atoms with van der Waals surface area (Å²) >= 11 is 3.23. The zero-order valence-corrected chi connectivity index (χ0v) is 9.71. The molecule has 0 saturated carbocycles. The summed E-state index contributed by atoms with van der Waals surface area (Å²) in [5.74, 6) is -2.64. The Kier molecular flexibility index (Phi) is 3.82. The van der Waals surface area contributed by atoms with Gasteiger partial charge in [-0.25, -0.2) is 4.39 Å². The van der Waals surface area contributed by atoms with Gasteiger partial charge in [0.05, 0.1) is 5.92 Å². The maximum Gasteiger partial charge on any atom is 0.312 e. The van der Waals surface area contributed by atoms with Crippen molar-refractivity contribution in [3.8, 4) is 0 Å². The number of halogens is 2. The molecular formula is C10H11BrFNO2. The number of nitrogens with two attached hydrogens (primary N) is 1. The van der Waals surface area contributed by atoms with Crippen molar-refractivity contribution in [1.29, 1.82) is 0 Å². The standard InChI is InChI=1S/C10H11BrFNO2/c1-5-7(11)2-3-8(12)9(5)6(4-13)10(14)15/h2-3,6H,4,13H2,1H3,(H,14,15). The molecule has 3 N–H and O–H groups in total. The van der Waals surface area contributed by atoms with Crippen molar-refractivity contribution < 1.29 is 14.3 Å². The molecule has 0 radical (unpaired) electrons. The van der Waals surface area contributed by atoms with E-state index in [2.05, 4.69) is 15.9 Å². The van der Waals surface area contributed by atoms with Gasteiger partial charge in [-0.2, -0.15) is 0 Å². The monoisotopic (exact) mass is 275 g/mol. The van der Waals surface area contributed by atoms with Crippen LogP contribution in [0.3, 0.4) is 0 Å². The number of rotatable bonds is 3. The van der Waals surface area contributed by atoms with Gasteiger partial charge in [-0.15, -0.1) is 0 Å². The maximum atomic E-state index is 13.5. The highest BCUT2D eigenvalue weighted by Gasteiger charge is 2.24. The number of carboxylic acids is 1. The molecule has 1 rings (SSSR count). The van der Waals surface area contributed by atoms with Crippen LogP contribution in [0.4, 0.5) is 4.39 Å². The molecule has 1 aromatic carbocycles. The van der Waals surface area contributed by atoms with Gasteiger partial charge in [-0.3, -0.25) is 4.79 Å². The van der Waals surface area contributed by atoms with Crippen LogP contribution in [0.15, 0.2) is 16.6 Å². The Morgan fingerprint density at radius 1 is 1.67 bits per heavy atom. The predicted octanol–water partition coefficient (Wildman–Crippen LogP) is 2.02. The number of benzene rings is 1. The third-order valence-electron chi connectivity index (χ3n) is 2.28. The van der Waals surface area contributed by atoms with Gasteiger partial charge in [0.15, 0.2) is 0 Å². The number of hydrogen-bond donors (Lipinski definition) is 2. The number of hydrogen-bond acceptors (Lipinski definition) is 2. The fraction of sp³-hybridized carbons (Fsp3) is 0.300. The van der Waals surface area contributed by atoms with Crippen molar-refractivity contribution >= 4 is 21.9 Å². The molecule has 1 aromatic rings. The number of aliphatic carboxylic acids is 1. The van der Waals surface area contributed by atoms with E-state index in [-0.39, 0.29) is 12.1 Å². The minimum atomic E-state index is -1.11. The molecule has 0 saturated heterocycles. The molecule has 0 aliphatic carbocycles. The maximum absolute atomic E-state index is 13.5. The highest BCUT2D eigenvalue weighted by atomic mass is 79.9. The summed E-state index contributed by atoms with van der Waals surface area (Å²) in [5, 5.41) is 8.90. The van der Waals surface area contributed by atoms with E-state index in [9.17, 15) is 9.18 Å². The molecule has 0 fully saturated rings. The molecule has 1 unspecified atom stereocenters. The average Bonchev–Trinajstić information content (AvgIpc) is 2.18. The van der Waals surface area contributed by atoms with Crippen molar-refractivity contribution in [2.45, 2.75) is 12.8 Å². The van der Waals surface area contributed by atoms with Crippen LogP contribution < -0.4 is 5.73 Å². The molecule has 82 valence electrons. The third kappa shape index (κ3) is 2.35. The second kappa shape index (κ2) is 4.72. The Bertz CT molecular complexity index is 395. The lowest BCUT2D eigenvalue weighted by Crippen LogP contribution is -2.23. The van der Waals surface area contributed by atoms with Crippen molar-refractivity contribution in [3.63, 3.8) is 0 Å². The van der Waals surface area contributed by atoms with Gasteiger partial charge in [-0.05, 0) is 24.6 Å². The van der Waals surface area contributed by atoms with E-state index < -0.39 is 17.7 Å². The van der Waals surface area contributed by atoms with Gasteiger partial charge < -0.3 is 10.8 Å². The van der Waals surface area contributed by atoms with E-state index in [0.29, 0.717) is 10.0 Å². The van der Waals surface area contributed by atoms with E-state index in [1.807, 2.05) is 0 Å². The summed E-state index contributed by atoms with van der Waals surface area (Å²) in [5.41, 5.74) is 6.06. The Morgan fingerprint density at radius 2 is 2.27 bits per heavy atom. The summed E-state index contributed by atoms with van der Waals surface area (Å²) in [6, 6.07) is 2.78. The second-order valence-electron chi connectivity index (χ2n) is 3.19. The van der Waals surface area contributed by atoms with Crippen LogP contribution in [0.5, 0.6) is 0 Å². The molecule has 0 aliphatic heterocycles. The average molecular weight is 276 g/mol. The minimum absolute atomic E-state index is 0.121. The first-order chi connectivity index (χ1) is 6.99. The summed E-state index contributed by atoms with van der Waals surface area (Å²) < 4.78 is 14.2. The van der Waals surface area contributed by atoms with Crippen molar-refractivity contribution in [1.82, 2.24) is 0 Å². The van der Waals surface area contributed by atoms with Gasteiger partial charge >= 0.3 is 5.97 Å². The molecule has 3 nitrogen and oxygen atoms in total. The lowest BCUT2D eigenvalue weighted by atomic mass is 9.94. The van der Waals surface area contributed by atoms with Gasteiger partial charge in [0.1, 0.15) is 5.82 Å². The Hall–Kier alpha value is -0.940. The topological polar surface area (TPSA) is 63.3 Å². The summed E-state index contributed by atoms with van der Waals surface area (Å²) in [4.78, 5) is 10.9. The molecule has 0 amide bonds. The summed E-state index contributed by atoms with van der Waals surface area (Å²) in [6.45, 7) is 1.54. The van der Waals surface area contributed by atoms with Crippen LogP contribution >= 0.6 is 15.9 Å². The Balaban J connectivity index is 3.34. The smallest absolute Gasteiger partial charge is 0.312 e. The first-order valence-electron chi connectivity index (χ1n) is 4.36. The Morgan fingerprint density at radius 3 is 2.73 bits per heavy atom. The van der Waals surface area contributed by atoms with E-state index in [4.69, 9.17) is 10.8 Å². The molecule has 15 heavy (non-hydrogen) atoms. The molecule has 0 heterocycles. The third-order valence-corrected chi connectivity index (χ3v) is 3.14. The summed E-state index contributed by atoms with van der Waals surface area (Å²) in [6.07, 6.45) is 0. The fourth-order valence-electron chi connectivity index (χ4n) is 1.44. The molecule has 1 atom stereocenters. The first kappa shape index (κ1) is 12.1. The van der Waals surface area contributed by atoms with Crippen LogP contribution in [0.25, 0.3) is 0 Å². The SMILES string of the molecule is Cc1c(Br)ccc(F)c1C(CN)C(=O)O. The Labute approximate surface area is 95.2 Å². The normalized spacial score (nSPS) is 12.5. The minimum Gasteiger partial charge on any atom is -0.481 e. The van der Waals surface area contributed by atoms with Gasteiger partial charge in [0, 0.05) is 16.6 Å². The molecule has 0 aliphatic rings. The van der Waals surface area contributed by atoms with Crippen LogP contribution in [0.1, 0.15) is 17.0 Å². The van der Waals surface area contributed by atoms with Crippen molar-refractivity contribution in [3.05, 3.63) is 33.5 Å². The van der Waals surface area contributed by atoms with E-state index >= 15 is 0 Å². The van der Waals surface area contributed by atoms with E-state index in [1.54, 1.807) is 13.0 Å². The quantitative estimate of drug-likeness (QED) is 0.887. The van der Waals surface area contributed by atoms with Crippen LogP contribution in [0, 0.1) is 12.7 Å². The van der Waals surface area contributed by atoms with Crippen LogP contribution in [-0.2, 0) is 4.79 Å². The first-order valence-corrected chi connectivity index (χ1v) is 5.15. The second-order valence-corrected chi connectivity index (χ2v) is 4.05. The van der Waals surface area contributed by atoms with Crippen molar-refractivity contribution in [2.75, 3.05) is 6.54 Å². The van der Waals surface area contributed by atoms with Gasteiger partial charge in [0.2, 0.25) is 0 Å². The molecule has 0 spiro atoms. The molecule has 0 aromatic heterocycles. The van der Waals surface area contributed by atoms with E-state index in [0.717, 1.165) is 0 Å². The highest BCUT2D eigenvalue weighted by molar-refractivity contribution is 9.10. The fourth-order valence-corrected chi connectivity index (χ4v) is 1.78. The van der Waals surface area contributed by atoms with E-state index in [1.165, 1.54) is 6.07 Å². The number of carbonyl (C=O) groups is 1. The lowest BCUT2D eigenvalue weighted by molar-refractivity contribution is -0.138. The van der Waals surface area contributed by atoms with Crippen LogP contribution in [-0.4, -0.2) is 17.6 Å². The largest absolute Gasteiger partial charge is 0.481 e. The van der Waals surface area contributed by atoms with Gasteiger partial charge in [-0.1, -0.05) is 15.9 Å².